The first-order valence-corrected chi connectivity index (χ1v) is 6.86. The number of hydrogen-bond donors (Lipinski definition) is 2. The van der Waals surface area contributed by atoms with Crippen LogP contribution < -0.4 is 15.8 Å². The summed E-state index contributed by atoms with van der Waals surface area (Å²) in [4.78, 5) is 20.9. The van der Waals surface area contributed by atoms with E-state index in [9.17, 15) is 0 Å². The van der Waals surface area contributed by atoms with Crippen molar-refractivity contribution in [3.63, 3.8) is 0 Å². The molecule has 0 fully saturated rings. The number of aromatic nitrogens is 5. The van der Waals surface area contributed by atoms with Gasteiger partial charge in [-0.3, -0.25) is 4.98 Å². The summed E-state index contributed by atoms with van der Waals surface area (Å²) < 4.78 is 5.05. The van der Waals surface area contributed by atoms with Crippen molar-refractivity contribution in [2.45, 2.75) is 6.92 Å². The highest BCUT2D eigenvalue weighted by Crippen LogP contribution is 2.26. The van der Waals surface area contributed by atoms with Crippen molar-refractivity contribution in [1.82, 2.24) is 24.9 Å². The van der Waals surface area contributed by atoms with Gasteiger partial charge in [-0.2, -0.15) is 9.97 Å². The molecule has 0 aliphatic rings. The van der Waals surface area contributed by atoms with Gasteiger partial charge < -0.3 is 15.8 Å². The third kappa shape index (κ3) is 3.31. The third-order valence-corrected chi connectivity index (χ3v) is 3.01. The molecule has 0 saturated heterocycles. The lowest BCUT2D eigenvalue weighted by Crippen LogP contribution is -2.04. The van der Waals surface area contributed by atoms with Crippen molar-refractivity contribution < 1.29 is 4.74 Å². The van der Waals surface area contributed by atoms with Crippen molar-refractivity contribution in [1.29, 1.82) is 0 Å². The molecule has 3 heterocycles. The maximum Gasteiger partial charge on any atom is 0.223 e. The molecule has 3 aromatic heterocycles. The second kappa shape index (κ2) is 6.22. The summed E-state index contributed by atoms with van der Waals surface area (Å²) >= 11 is 0. The van der Waals surface area contributed by atoms with Gasteiger partial charge in [-0.15, -0.1) is 0 Å². The maximum absolute atomic E-state index is 5.70. The van der Waals surface area contributed by atoms with Crippen LogP contribution in [0.3, 0.4) is 0 Å². The minimum Gasteiger partial charge on any atom is -0.481 e. The van der Waals surface area contributed by atoms with Crippen LogP contribution in [0.4, 0.5) is 17.3 Å². The predicted octanol–water partition coefficient (Wildman–Crippen LogP) is 1.97. The number of nitrogens with one attached hydrogen (secondary N) is 1. The van der Waals surface area contributed by atoms with Gasteiger partial charge in [0, 0.05) is 12.3 Å². The Hall–Kier alpha value is -3.29. The Morgan fingerprint density at radius 2 is 1.96 bits per heavy atom. The van der Waals surface area contributed by atoms with Crippen LogP contribution in [-0.2, 0) is 0 Å². The fraction of sp³-hybridized carbons (Fsp3) is 0.133. The average Bonchev–Trinajstić information content (AvgIpc) is 2.55. The molecule has 0 aliphatic carbocycles. The number of aryl methyl sites for hydroxylation is 1. The van der Waals surface area contributed by atoms with Crippen LogP contribution in [0.2, 0.25) is 0 Å². The van der Waals surface area contributed by atoms with Gasteiger partial charge in [0.2, 0.25) is 11.8 Å². The lowest BCUT2D eigenvalue weighted by molar-refractivity contribution is 0.398. The van der Waals surface area contributed by atoms with E-state index in [0.29, 0.717) is 23.2 Å². The van der Waals surface area contributed by atoms with Gasteiger partial charge in [-0.1, -0.05) is 0 Å². The molecule has 0 radical (unpaired) electrons. The summed E-state index contributed by atoms with van der Waals surface area (Å²) in [5.74, 6) is 1.66. The zero-order chi connectivity index (χ0) is 16.2. The summed E-state index contributed by atoms with van der Waals surface area (Å²) in [7, 11) is 1.57. The highest BCUT2D eigenvalue weighted by molar-refractivity contribution is 5.74. The predicted molar refractivity (Wildman–Crippen MR) is 86.3 cm³/mol. The minimum absolute atomic E-state index is 0.162. The summed E-state index contributed by atoms with van der Waals surface area (Å²) in [5, 5.41) is 3.24. The summed E-state index contributed by atoms with van der Waals surface area (Å²) in [5.41, 5.74) is 7.81. The van der Waals surface area contributed by atoms with Crippen LogP contribution in [0, 0.1) is 6.92 Å². The Kier molecular flexibility index (Phi) is 3.96. The van der Waals surface area contributed by atoms with Crippen LogP contribution in [0.25, 0.3) is 11.5 Å². The molecule has 0 amide bonds. The Bertz CT molecular complexity index is 800. The first-order chi connectivity index (χ1) is 11.2. The molecule has 3 rings (SSSR count). The SMILES string of the molecule is COc1ccc(Nc2cccnc2-c2nc(C)nc(N)n2)cn1. The molecule has 0 aliphatic heterocycles. The van der Waals surface area contributed by atoms with Crippen molar-refractivity contribution >= 4 is 17.3 Å². The van der Waals surface area contributed by atoms with Crippen molar-refractivity contribution in [3.8, 4) is 17.4 Å². The zero-order valence-electron chi connectivity index (χ0n) is 12.7. The molecule has 0 saturated carbocycles. The number of rotatable bonds is 4. The number of nitrogen functional groups attached to an aromatic ring is 1. The maximum atomic E-state index is 5.70. The number of pyridine rings is 2. The molecule has 8 nitrogen and oxygen atoms in total. The standard InChI is InChI=1S/C15H15N7O/c1-9-19-14(22-15(16)20-9)13-11(4-3-7-17-13)21-10-5-6-12(23-2)18-8-10/h3-8,21H,1-2H3,(H2,16,19,20,22). The monoisotopic (exact) mass is 309 g/mol. The molecule has 3 N–H and O–H groups in total. The van der Waals surface area contributed by atoms with E-state index >= 15 is 0 Å². The fourth-order valence-corrected chi connectivity index (χ4v) is 2.02. The second-order valence-corrected chi connectivity index (χ2v) is 4.68. The van der Waals surface area contributed by atoms with E-state index < -0.39 is 0 Å². The number of ether oxygens (including phenoxy) is 1. The number of methoxy groups -OCH3 is 1. The van der Waals surface area contributed by atoms with E-state index in [0.717, 1.165) is 11.4 Å². The molecular weight excluding hydrogens is 294 g/mol. The molecule has 116 valence electrons. The van der Waals surface area contributed by atoms with Crippen LogP contribution in [0.1, 0.15) is 5.82 Å². The number of nitrogens with zero attached hydrogens (tertiary/aromatic N) is 5. The number of hydrogen-bond acceptors (Lipinski definition) is 8. The fourth-order valence-electron chi connectivity index (χ4n) is 2.02. The molecule has 23 heavy (non-hydrogen) atoms. The van der Waals surface area contributed by atoms with Crippen LogP contribution in [-0.4, -0.2) is 32.0 Å². The van der Waals surface area contributed by atoms with E-state index in [4.69, 9.17) is 10.5 Å². The van der Waals surface area contributed by atoms with Crippen LogP contribution in [0.5, 0.6) is 5.88 Å². The third-order valence-electron chi connectivity index (χ3n) is 3.01. The molecule has 8 heteroatoms. The summed E-state index contributed by atoms with van der Waals surface area (Å²) in [6, 6.07) is 7.32. The number of nitrogens with two attached hydrogens (primary N) is 1. The van der Waals surface area contributed by atoms with Crippen molar-refractivity contribution in [2.24, 2.45) is 0 Å². The lowest BCUT2D eigenvalue weighted by Gasteiger charge is -2.10. The van der Waals surface area contributed by atoms with Gasteiger partial charge in [-0.25, -0.2) is 9.97 Å². The van der Waals surface area contributed by atoms with Crippen molar-refractivity contribution in [3.05, 3.63) is 42.5 Å². The van der Waals surface area contributed by atoms with Gasteiger partial charge in [-0.05, 0) is 25.1 Å². The van der Waals surface area contributed by atoms with E-state index in [1.807, 2.05) is 18.2 Å². The average molecular weight is 309 g/mol. The molecule has 0 aromatic carbocycles. The highest BCUT2D eigenvalue weighted by atomic mass is 16.5. The van der Waals surface area contributed by atoms with E-state index in [2.05, 4.69) is 30.2 Å². The molecule has 0 bridgehead atoms. The van der Waals surface area contributed by atoms with Gasteiger partial charge in [0.15, 0.2) is 5.82 Å². The Labute approximate surface area is 132 Å². The summed E-state index contributed by atoms with van der Waals surface area (Å²) in [6.45, 7) is 1.75. The van der Waals surface area contributed by atoms with Crippen LogP contribution in [0.15, 0.2) is 36.7 Å². The quantitative estimate of drug-likeness (QED) is 0.752. The normalized spacial score (nSPS) is 10.3. The molecule has 0 unspecified atom stereocenters. The first kappa shape index (κ1) is 14.6. The van der Waals surface area contributed by atoms with Gasteiger partial charge in [0.05, 0.1) is 24.7 Å². The van der Waals surface area contributed by atoms with Gasteiger partial charge in [0.25, 0.3) is 0 Å². The number of anilines is 3. The van der Waals surface area contributed by atoms with Gasteiger partial charge in [0.1, 0.15) is 11.5 Å². The van der Waals surface area contributed by atoms with E-state index in [1.165, 1.54) is 0 Å². The van der Waals surface area contributed by atoms with Crippen LogP contribution >= 0.6 is 0 Å². The van der Waals surface area contributed by atoms with E-state index in [1.54, 1.807) is 32.5 Å². The molecule has 0 atom stereocenters. The smallest absolute Gasteiger partial charge is 0.223 e. The molecule has 0 spiro atoms. The van der Waals surface area contributed by atoms with E-state index in [-0.39, 0.29) is 5.95 Å². The Morgan fingerprint density at radius 3 is 2.65 bits per heavy atom. The van der Waals surface area contributed by atoms with Crippen molar-refractivity contribution in [2.75, 3.05) is 18.2 Å². The van der Waals surface area contributed by atoms with Gasteiger partial charge >= 0.3 is 0 Å². The Morgan fingerprint density at radius 1 is 1.09 bits per heavy atom. The minimum atomic E-state index is 0.162. The largest absolute Gasteiger partial charge is 0.481 e. The summed E-state index contributed by atoms with van der Waals surface area (Å²) in [6.07, 6.45) is 3.34. The lowest BCUT2D eigenvalue weighted by atomic mass is 10.2. The Balaban J connectivity index is 1.96. The molecule has 3 aromatic rings. The second-order valence-electron chi connectivity index (χ2n) is 4.68. The molecular formula is C15H15N7O. The topological polar surface area (TPSA) is 112 Å². The zero-order valence-corrected chi connectivity index (χ0v) is 12.7. The first-order valence-electron chi connectivity index (χ1n) is 6.86. The highest BCUT2D eigenvalue weighted by Gasteiger charge is 2.11.